The monoisotopic (exact) mass is 421 g/mol. The molecule has 0 bridgehead atoms. The fourth-order valence-corrected chi connectivity index (χ4v) is 3.31. The largest absolute Gasteiger partial charge is 0.336 e. The number of aliphatic imine (C=N–C) groups is 1. The van der Waals surface area contributed by atoms with Crippen molar-refractivity contribution in [3.63, 3.8) is 0 Å². The van der Waals surface area contributed by atoms with Gasteiger partial charge in [-0.2, -0.15) is 5.10 Å². The number of H-pyrrole nitrogens is 2. The third-order valence-corrected chi connectivity index (χ3v) is 4.97. The van der Waals surface area contributed by atoms with Gasteiger partial charge in [0, 0.05) is 35.6 Å². The Hall–Kier alpha value is -4.39. The second-order valence-electron chi connectivity index (χ2n) is 7.05. The molecule has 0 saturated heterocycles. The van der Waals surface area contributed by atoms with Crippen molar-refractivity contribution in [1.29, 1.82) is 0 Å². The number of aromatic amines is 2. The average molecular weight is 422 g/mol. The fourth-order valence-electron chi connectivity index (χ4n) is 3.31. The Kier molecular flexibility index (Phi) is 5.98. The van der Waals surface area contributed by atoms with Gasteiger partial charge in [0.1, 0.15) is 11.2 Å². The molecular weight excluding hydrogens is 398 g/mol. The van der Waals surface area contributed by atoms with E-state index in [1.54, 1.807) is 30.9 Å². The maximum absolute atomic E-state index is 4.78. The molecule has 0 amide bonds. The minimum atomic E-state index is 0.634. The molecule has 7 heteroatoms. The van der Waals surface area contributed by atoms with Crippen molar-refractivity contribution >= 4 is 29.9 Å². The topological polar surface area (TPSA) is 95.5 Å². The van der Waals surface area contributed by atoms with Gasteiger partial charge < -0.3 is 4.98 Å². The van der Waals surface area contributed by atoms with Gasteiger partial charge in [-0.3, -0.25) is 20.1 Å². The Balaban J connectivity index is 1.73. The van der Waals surface area contributed by atoms with Gasteiger partial charge in [0.15, 0.2) is 5.82 Å². The van der Waals surface area contributed by atoms with Crippen LogP contribution in [-0.4, -0.2) is 36.3 Å². The first-order valence-electron chi connectivity index (χ1n) is 10.1. The van der Waals surface area contributed by atoms with Crippen molar-refractivity contribution in [2.75, 3.05) is 0 Å². The number of nitrogens with zero attached hydrogens (tertiary/aromatic N) is 5. The zero-order valence-corrected chi connectivity index (χ0v) is 18.0. The molecule has 7 nitrogen and oxygen atoms in total. The molecular formula is C25H23N7. The molecule has 158 valence electrons. The van der Waals surface area contributed by atoms with Crippen LogP contribution in [0.2, 0.25) is 0 Å². The summed E-state index contributed by atoms with van der Waals surface area (Å²) in [6, 6.07) is 5.72. The molecule has 4 aromatic rings. The van der Waals surface area contributed by atoms with E-state index in [1.807, 2.05) is 50.3 Å². The van der Waals surface area contributed by atoms with Crippen molar-refractivity contribution in [3.8, 4) is 22.8 Å². The molecule has 0 aliphatic carbocycles. The van der Waals surface area contributed by atoms with Gasteiger partial charge in [0.2, 0.25) is 0 Å². The smallest absolute Gasteiger partial charge is 0.159 e. The van der Waals surface area contributed by atoms with Crippen molar-refractivity contribution in [2.24, 2.45) is 4.99 Å². The zero-order chi connectivity index (χ0) is 22.5. The lowest BCUT2D eigenvalue weighted by molar-refractivity contribution is 1.06. The van der Waals surface area contributed by atoms with Gasteiger partial charge in [-0.15, -0.1) is 0 Å². The summed E-state index contributed by atoms with van der Waals surface area (Å²) in [5.74, 6) is 0.634. The van der Waals surface area contributed by atoms with Crippen LogP contribution in [0.5, 0.6) is 0 Å². The standard InChI is InChI=1S/C25H23N7/c1-5-12-27-19(6-2)16(3)7-8-20-17(4)22(32-31-20)25-29-21-11-15-28-23(24(21)30-25)18-9-13-26-14-10-18/h5-15,31H,1,4H2,2-3H3,(H,29,30)/b16-7+,19-6-,20-8+,27-12-. The fraction of sp³-hybridized carbons (Fsp3) is 0.0800. The highest BCUT2D eigenvalue weighted by Crippen LogP contribution is 2.25. The molecule has 0 fully saturated rings. The first kappa shape index (κ1) is 20.9. The number of aromatic nitrogens is 6. The predicted molar refractivity (Wildman–Crippen MR) is 130 cm³/mol. The van der Waals surface area contributed by atoms with Gasteiger partial charge >= 0.3 is 0 Å². The number of hydrogen-bond donors (Lipinski definition) is 2. The van der Waals surface area contributed by atoms with Crippen LogP contribution in [0.15, 0.2) is 77.9 Å². The number of allylic oxidation sites excluding steroid dienone is 4. The Morgan fingerprint density at radius 3 is 2.69 bits per heavy atom. The first-order chi connectivity index (χ1) is 15.6. The van der Waals surface area contributed by atoms with E-state index >= 15 is 0 Å². The zero-order valence-electron chi connectivity index (χ0n) is 18.0. The molecule has 4 heterocycles. The number of pyridine rings is 2. The molecule has 0 spiro atoms. The Morgan fingerprint density at radius 2 is 1.94 bits per heavy atom. The normalized spacial score (nSPS) is 13.4. The molecule has 4 aromatic heterocycles. The van der Waals surface area contributed by atoms with E-state index in [9.17, 15) is 0 Å². The maximum Gasteiger partial charge on any atom is 0.159 e. The number of hydrogen-bond acceptors (Lipinski definition) is 5. The summed E-state index contributed by atoms with van der Waals surface area (Å²) in [5.41, 5.74) is 5.94. The van der Waals surface area contributed by atoms with E-state index in [2.05, 4.69) is 43.3 Å². The third kappa shape index (κ3) is 4.09. The Labute approximate surface area is 185 Å². The Morgan fingerprint density at radius 1 is 1.12 bits per heavy atom. The van der Waals surface area contributed by atoms with E-state index in [0.717, 1.165) is 44.1 Å². The number of rotatable bonds is 6. The molecule has 2 N–H and O–H groups in total. The lowest BCUT2D eigenvalue weighted by Gasteiger charge is -1.99. The van der Waals surface area contributed by atoms with Crippen LogP contribution in [-0.2, 0) is 0 Å². The summed E-state index contributed by atoms with van der Waals surface area (Å²) in [5, 5.41) is 9.05. The minimum absolute atomic E-state index is 0.634. The van der Waals surface area contributed by atoms with Crippen LogP contribution in [0.4, 0.5) is 0 Å². The van der Waals surface area contributed by atoms with E-state index in [4.69, 9.17) is 4.98 Å². The summed E-state index contributed by atoms with van der Waals surface area (Å²) in [6.07, 6.45) is 14.4. The van der Waals surface area contributed by atoms with E-state index in [-0.39, 0.29) is 0 Å². The lowest BCUT2D eigenvalue weighted by atomic mass is 10.1. The van der Waals surface area contributed by atoms with E-state index in [0.29, 0.717) is 11.5 Å². The molecule has 0 aliphatic heterocycles. The molecule has 0 atom stereocenters. The SMILES string of the molecule is C=C\C=N/C(=C\C)C(/C)=C/C=c1/[nH]nc(-c2nc3c(-c4ccncc4)nccc3[nH]2)c1=C. The summed E-state index contributed by atoms with van der Waals surface area (Å²) in [7, 11) is 0. The van der Waals surface area contributed by atoms with Crippen LogP contribution in [0.3, 0.4) is 0 Å². The highest BCUT2D eigenvalue weighted by Gasteiger charge is 2.13. The summed E-state index contributed by atoms with van der Waals surface area (Å²) >= 11 is 0. The molecule has 32 heavy (non-hydrogen) atoms. The molecule has 0 unspecified atom stereocenters. The average Bonchev–Trinajstić information content (AvgIpc) is 3.41. The lowest BCUT2D eigenvalue weighted by Crippen LogP contribution is -2.21. The second kappa shape index (κ2) is 9.18. The van der Waals surface area contributed by atoms with Gasteiger partial charge in [0.05, 0.1) is 22.3 Å². The van der Waals surface area contributed by atoms with Crippen LogP contribution in [0, 0.1) is 0 Å². The van der Waals surface area contributed by atoms with Crippen molar-refractivity contribution in [1.82, 2.24) is 30.1 Å². The molecule has 0 saturated carbocycles. The van der Waals surface area contributed by atoms with Crippen molar-refractivity contribution in [3.05, 3.63) is 83.4 Å². The number of imidazole rings is 1. The molecule has 0 aliphatic rings. The van der Waals surface area contributed by atoms with Gasteiger partial charge in [-0.1, -0.05) is 31.4 Å². The van der Waals surface area contributed by atoms with Crippen LogP contribution in [0.1, 0.15) is 13.8 Å². The van der Waals surface area contributed by atoms with Crippen LogP contribution in [0.25, 0.3) is 46.5 Å². The van der Waals surface area contributed by atoms with Crippen LogP contribution >= 0.6 is 0 Å². The molecule has 0 aromatic carbocycles. The number of nitrogens with one attached hydrogen (secondary N) is 2. The van der Waals surface area contributed by atoms with Gasteiger partial charge in [-0.25, -0.2) is 4.98 Å². The second-order valence-corrected chi connectivity index (χ2v) is 7.05. The van der Waals surface area contributed by atoms with Gasteiger partial charge in [-0.05, 0) is 43.7 Å². The van der Waals surface area contributed by atoms with Gasteiger partial charge in [0.25, 0.3) is 0 Å². The highest BCUT2D eigenvalue weighted by molar-refractivity contribution is 5.91. The minimum Gasteiger partial charge on any atom is -0.336 e. The summed E-state index contributed by atoms with van der Waals surface area (Å²) in [6.45, 7) is 11.8. The summed E-state index contributed by atoms with van der Waals surface area (Å²) in [4.78, 5) is 21.1. The summed E-state index contributed by atoms with van der Waals surface area (Å²) < 4.78 is 0. The quantitative estimate of drug-likeness (QED) is 0.366. The van der Waals surface area contributed by atoms with Crippen molar-refractivity contribution in [2.45, 2.75) is 13.8 Å². The molecule has 0 radical (unpaired) electrons. The predicted octanol–water partition coefficient (Wildman–Crippen LogP) is 3.71. The van der Waals surface area contributed by atoms with Crippen LogP contribution < -0.4 is 10.6 Å². The maximum atomic E-state index is 4.78. The third-order valence-electron chi connectivity index (χ3n) is 4.97. The van der Waals surface area contributed by atoms with E-state index in [1.165, 1.54) is 0 Å². The van der Waals surface area contributed by atoms with Crippen molar-refractivity contribution < 1.29 is 0 Å². The first-order valence-corrected chi connectivity index (χ1v) is 10.1. The highest BCUT2D eigenvalue weighted by atomic mass is 15.1. The van der Waals surface area contributed by atoms with E-state index < -0.39 is 0 Å². The Bertz CT molecular complexity index is 1470. The number of fused-ring (bicyclic) bond motifs is 1. The molecule has 4 rings (SSSR count).